The van der Waals surface area contributed by atoms with E-state index in [1.54, 1.807) is 29.8 Å². The first-order valence-electron chi connectivity index (χ1n) is 6.23. The lowest BCUT2D eigenvalue weighted by molar-refractivity contribution is 0.0946. The third kappa shape index (κ3) is 2.99. The van der Waals surface area contributed by atoms with Crippen molar-refractivity contribution in [3.63, 3.8) is 0 Å². The van der Waals surface area contributed by atoms with Crippen LogP contribution in [0, 0.1) is 0 Å². The molecule has 0 spiro atoms. The van der Waals surface area contributed by atoms with Crippen LogP contribution in [0.25, 0.3) is 4.96 Å². The Morgan fingerprint density at radius 1 is 1.27 bits per heavy atom. The van der Waals surface area contributed by atoms with Gasteiger partial charge in [-0.1, -0.05) is 29.3 Å². The third-order valence-electron chi connectivity index (χ3n) is 2.97. The highest BCUT2D eigenvalue weighted by molar-refractivity contribution is 7.15. The van der Waals surface area contributed by atoms with Crippen molar-refractivity contribution < 1.29 is 4.79 Å². The number of carbonyl (C=O) groups excluding carboxylic acids is 1. The summed E-state index contributed by atoms with van der Waals surface area (Å²) in [6.45, 7) is 0.265. The number of benzene rings is 1. The van der Waals surface area contributed by atoms with Crippen LogP contribution in [-0.4, -0.2) is 15.3 Å². The van der Waals surface area contributed by atoms with Crippen LogP contribution in [0.5, 0.6) is 0 Å². The highest BCUT2D eigenvalue weighted by Gasteiger charge is 2.11. The molecule has 1 aromatic carbocycles. The zero-order valence-electron chi connectivity index (χ0n) is 11.0. The highest BCUT2D eigenvalue weighted by atomic mass is 35.5. The fourth-order valence-electron chi connectivity index (χ4n) is 1.88. The van der Waals surface area contributed by atoms with Crippen LogP contribution in [0.2, 0.25) is 10.0 Å². The van der Waals surface area contributed by atoms with Crippen LogP contribution in [0.4, 0.5) is 0 Å². The predicted octanol–water partition coefficient (Wildman–Crippen LogP) is 2.99. The minimum absolute atomic E-state index is 0.0903. The zero-order chi connectivity index (χ0) is 15.7. The summed E-state index contributed by atoms with van der Waals surface area (Å²) in [6, 6.07) is 6.31. The first-order valence-corrected chi connectivity index (χ1v) is 7.87. The fraction of sp³-hybridized carbons (Fsp3) is 0.0714. The molecule has 2 aromatic heterocycles. The number of fused-ring (bicyclic) bond motifs is 1. The van der Waals surface area contributed by atoms with Crippen molar-refractivity contribution in [3.05, 3.63) is 67.5 Å². The van der Waals surface area contributed by atoms with Gasteiger partial charge in [0.25, 0.3) is 11.5 Å². The number of hydrogen-bond donors (Lipinski definition) is 1. The molecule has 0 bridgehead atoms. The first kappa shape index (κ1) is 15.0. The number of hydrogen-bond acceptors (Lipinski definition) is 4. The van der Waals surface area contributed by atoms with Gasteiger partial charge in [-0.3, -0.25) is 14.0 Å². The van der Waals surface area contributed by atoms with Gasteiger partial charge < -0.3 is 5.32 Å². The van der Waals surface area contributed by atoms with Gasteiger partial charge in [0.15, 0.2) is 4.96 Å². The van der Waals surface area contributed by atoms with E-state index in [2.05, 4.69) is 10.3 Å². The second-order valence-electron chi connectivity index (χ2n) is 4.47. The Morgan fingerprint density at radius 2 is 2.09 bits per heavy atom. The molecule has 0 aliphatic rings. The average Bonchev–Trinajstić information content (AvgIpc) is 2.97. The molecule has 22 heavy (non-hydrogen) atoms. The zero-order valence-corrected chi connectivity index (χ0v) is 13.4. The predicted molar refractivity (Wildman–Crippen MR) is 87.0 cm³/mol. The molecule has 1 amide bonds. The Bertz CT molecular complexity index is 920. The Balaban J connectivity index is 1.78. The molecule has 1 N–H and O–H groups in total. The van der Waals surface area contributed by atoms with Crippen molar-refractivity contribution in [2.24, 2.45) is 0 Å². The number of nitrogens with zero attached hydrogens (tertiary/aromatic N) is 2. The van der Waals surface area contributed by atoms with E-state index in [4.69, 9.17) is 23.2 Å². The summed E-state index contributed by atoms with van der Waals surface area (Å²) in [5.41, 5.74) is 0.607. The largest absolute Gasteiger partial charge is 0.347 e. The Hall–Kier alpha value is -1.89. The van der Waals surface area contributed by atoms with E-state index < -0.39 is 5.91 Å². The van der Waals surface area contributed by atoms with Crippen LogP contribution >= 0.6 is 34.5 Å². The van der Waals surface area contributed by atoms with Gasteiger partial charge in [-0.2, -0.15) is 0 Å². The SMILES string of the molecule is O=C(NCc1ccc(Cl)c(Cl)c1)c1cc(=O)n2ccsc2n1. The molecule has 0 atom stereocenters. The lowest BCUT2D eigenvalue weighted by atomic mass is 10.2. The molecular formula is C14H9Cl2N3O2S. The summed E-state index contributed by atoms with van der Waals surface area (Å²) in [4.78, 5) is 28.6. The third-order valence-corrected chi connectivity index (χ3v) is 4.47. The van der Waals surface area contributed by atoms with E-state index in [0.717, 1.165) is 5.56 Å². The lowest BCUT2D eigenvalue weighted by Gasteiger charge is -2.06. The summed E-state index contributed by atoms with van der Waals surface area (Å²) in [6.07, 6.45) is 1.62. The van der Waals surface area contributed by atoms with Gasteiger partial charge in [0.05, 0.1) is 10.0 Å². The van der Waals surface area contributed by atoms with E-state index >= 15 is 0 Å². The standard InChI is InChI=1S/C14H9Cl2N3O2S/c15-9-2-1-8(5-10(9)16)7-17-13(21)11-6-12(20)19-3-4-22-14(19)18-11/h1-6H,7H2,(H,17,21). The van der Waals surface area contributed by atoms with E-state index in [0.29, 0.717) is 15.0 Å². The summed E-state index contributed by atoms with van der Waals surface area (Å²) in [5, 5.41) is 5.31. The Labute approximate surface area is 139 Å². The Morgan fingerprint density at radius 3 is 2.86 bits per heavy atom. The van der Waals surface area contributed by atoms with Gasteiger partial charge in [0.2, 0.25) is 0 Å². The Kier molecular flexibility index (Phi) is 4.15. The van der Waals surface area contributed by atoms with Crippen LogP contribution in [0.3, 0.4) is 0 Å². The molecule has 0 saturated carbocycles. The molecule has 0 saturated heterocycles. The number of aromatic nitrogens is 2. The molecule has 112 valence electrons. The molecule has 0 radical (unpaired) electrons. The van der Waals surface area contributed by atoms with Crippen molar-refractivity contribution >= 4 is 45.4 Å². The van der Waals surface area contributed by atoms with Crippen LogP contribution in [-0.2, 0) is 6.54 Å². The molecule has 3 rings (SSSR count). The quantitative estimate of drug-likeness (QED) is 0.787. The maximum Gasteiger partial charge on any atom is 0.270 e. The average molecular weight is 354 g/mol. The molecule has 0 unspecified atom stereocenters. The van der Waals surface area contributed by atoms with E-state index in [-0.39, 0.29) is 17.8 Å². The van der Waals surface area contributed by atoms with Gasteiger partial charge >= 0.3 is 0 Å². The number of amides is 1. The molecule has 3 aromatic rings. The van der Waals surface area contributed by atoms with Crippen LogP contribution < -0.4 is 10.9 Å². The molecule has 0 aliphatic carbocycles. The van der Waals surface area contributed by atoms with Gasteiger partial charge in [-0.05, 0) is 17.7 Å². The maximum atomic E-state index is 12.1. The minimum Gasteiger partial charge on any atom is -0.347 e. The maximum absolute atomic E-state index is 12.1. The molecule has 2 heterocycles. The summed E-state index contributed by atoms with van der Waals surface area (Å²) in [5.74, 6) is -0.418. The normalized spacial score (nSPS) is 10.8. The van der Waals surface area contributed by atoms with Gasteiger partial charge in [0.1, 0.15) is 5.69 Å². The number of carbonyl (C=O) groups is 1. The lowest BCUT2D eigenvalue weighted by Crippen LogP contribution is -2.26. The van der Waals surface area contributed by atoms with Crippen LogP contribution in [0.1, 0.15) is 16.1 Å². The van der Waals surface area contributed by atoms with Crippen molar-refractivity contribution in [2.45, 2.75) is 6.54 Å². The van der Waals surface area contributed by atoms with E-state index in [1.807, 2.05) is 0 Å². The van der Waals surface area contributed by atoms with Crippen molar-refractivity contribution in [1.29, 1.82) is 0 Å². The van der Waals surface area contributed by atoms with Crippen LogP contribution in [0.15, 0.2) is 40.6 Å². The number of halogens is 2. The summed E-state index contributed by atoms with van der Waals surface area (Å²) < 4.78 is 1.39. The smallest absolute Gasteiger partial charge is 0.270 e. The van der Waals surface area contributed by atoms with Gasteiger partial charge in [0, 0.05) is 24.2 Å². The van der Waals surface area contributed by atoms with Gasteiger partial charge in [-0.25, -0.2) is 4.98 Å². The topological polar surface area (TPSA) is 63.5 Å². The van der Waals surface area contributed by atoms with E-state index in [1.165, 1.54) is 21.8 Å². The fourth-order valence-corrected chi connectivity index (χ4v) is 2.92. The second-order valence-corrected chi connectivity index (χ2v) is 6.15. The monoisotopic (exact) mass is 353 g/mol. The summed E-state index contributed by atoms with van der Waals surface area (Å²) >= 11 is 13.0. The van der Waals surface area contributed by atoms with Crippen molar-refractivity contribution in [1.82, 2.24) is 14.7 Å². The van der Waals surface area contributed by atoms with Crippen molar-refractivity contribution in [3.8, 4) is 0 Å². The minimum atomic E-state index is -0.418. The number of rotatable bonds is 3. The molecular weight excluding hydrogens is 345 g/mol. The molecule has 0 fully saturated rings. The van der Waals surface area contributed by atoms with E-state index in [9.17, 15) is 9.59 Å². The molecule has 8 heteroatoms. The van der Waals surface area contributed by atoms with Gasteiger partial charge in [-0.15, -0.1) is 11.3 Å². The molecule has 0 aliphatic heterocycles. The first-order chi connectivity index (χ1) is 10.5. The summed E-state index contributed by atoms with van der Waals surface area (Å²) in [7, 11) is 0. The molecule has 5 nitrogen and oxygen atoms in total. The number of thiazole rings is 1. The van der Waals surface area contributed by atoms with Crippen molar-refractivity contribution in [2.75, 3.05) is 0 Å². The second kappa shape index (κ2) is 6.08. The number of nitrogens with one attached hydrogen (secondary N) is 1. The highest BCUT2D eigenvalue weighted by Crippen LogP contribution is 2.22.